The minimum Gasteiger partial charge on any atom is -0.303 e. The van der Waals surface area contributed by atoms with Crippen molar-refractivity contribution in [2.75, 3.05) is 19.6 Å². The molecule has 0 N–H and O–H groups in total. The van der Waals surface area contributed by atoms with Gasteiger partial charge in [-0.05, 0) is 19.5 Å². The van der Waals surface area contributed by atoms with E-state index >= 15 is 0 Å². The minimum atomic E-state index is 0. The first-order valence-corrected chi connectivity index (χ1v) is 5.04. The van der Waals surface area contributed by atoms with Gasteiger partial charge in [0, 0.05) is 13.0 Å². The molecule has 1 heterocycles. The number of likely N-dealkylation sites (tertiary alicyclic amines) is 1. The SMILES string of the molecule is Br.CCN1CCC(=O)C(Br)CC1. The number of nitrogens with zero attached hydrogens (tertiary/aromatic N) is 1. The lowest BCUT2D eigenvalue weighted by Gasteiger charge is -2.15. The zero-order chi connectivity index (χ0) is 8.27. The van der Waals surface area contributed by atoms with Crippen molar-refractivity contribution in [1.82, 2.24) is 4.90 Å². The van der Waals surface area contributed by atoms with Crippen LogP contribution in [0.15, 0.2) is 0 Å². The predicted octanol–water partition coefficient (Wildman–Crippen LogP) is 2.01. The van der Waals surface area contributed by atoms with Gasteiger partial charge in [-0.3, -0.25) is 4.79 Å². The molecule has 4 heteroatoms. The van der Waals surface area contributed by atoms with E-state index in [1.165, 1.54) is 0 Å². The summed E-state index contributed by atoms with van der Waals surface area (Å²) in [6.07, 6.45) is 1.68. The smallest absolute Gasteiger partial charge is 0.147 e. The van der Waals surface area contributed by atoms with Crippen LogP contribution in [-0.2, 0) is 4.79 Å². The molecule has 0 bridgehead atoms. The maximum Gasteiger partial charge on any atom is 0.147 e. The van der Waals surface area contributed by atoms with Crippen molar-refractivity contribution in [2.45, 2.75) is 24.6 Å². The Kier molecular flexibility index (Phi) is 6.41. The van der Waals surface area contributed by atoms with Crippen LogP contribution in [0.1, 0.15) is 19.8 Å². The third-order valence-corrected chi connectivity index (χ3v) is 3.14. The Balaban J connectivity index is 0.00000121. The molecule has 1 aliphatic heterocycles. The zero-order valence-corrected chi connectivity index (χ0v) is 10.6. The number of carbonyl (C=O) groups excluding carboxylic acids is 1. The maximum atomic E-state index is 11.2. The van der Waals surface area contributed by atoms with Gasteiger partial charge < -0.3 is 4.90 Å². The summed E-state index contributed by atoms with van der Waals surface area (Å²) in [6.45, 7) is 5.20. The lowest BCUT2D eigenvalue weighted by molar-refractivity contribution is -0.118. The third-order valence-electron chi connectivity index (χ3n) is 2.17. The Labute approximate surface area is 92.6 Å². The maximum absolute atomic E-state index is 11.2. The van der Waals surface area contributed by atoms with Crippen molar-refractivity contribution in [1.29, 1.82) is 0 Å². The summed E-state index contributed by atoms with van der Waals surface area (Å²) in [6, 6.07) is 0. The van der Waals surface area contributed by atoms with E-state index in [1.54, 1.807) is 0 Å². The fourth-order valence-electron chi connectivity index (χ4n) is 1.31. The Morgan fingerprint density at radius 3 is 2.83 bits per heavy atom. The average Bonchev–Trinajstić information content (AvgIpc) is 2.16. The molecule has 0 amide bonds. The topological polar surface area (TPSA) is 20.3 Å². The minimum absolute atomic E-state index is 0. The van der Waals surface area contributed by atoms with E-state index in [0.29, 0.717) is 12.2 Å². The van der Waals surface area contributed by atoms with Crippen molar-refractivity contribution in [3.63, 3.8) is 0 Å². The zero-order valence-electron chi connectivity index (χ0n) is 7.25. The number of alkyl halides is 1. The van der Waals surface area contributed by atoms with Crippen LogP contribution in [0.25, 0.3) is 0 Å². The number of Topliss-reactive ketones (excluding diaryl/α,β-unsaturated/α-hetero) is 1. The summed E-state index contributed by atoms with van der Waals surface area (Å²) < 4.78 is 0. The summed E-state index contributed by atoms with van der Waals surface area (Å²) in [5.74, 6) is 0.362. The summed E-state index contributed by atoms with van der Waals surface area (Å²) in [4.78, 5) is 13.6. The molecular weight excluding hydrogens is 286 g/mol. The van der Waals surface area contributed by atoms with E-state index in [1.807, 2.05) is 0 Å². The fraction of sp³-hybridized carbons (Fsp3) is 0.875. The van der Waals surface area contributed by atoms with Crippen molar-refractivity contribution in [3.8, 4) is 0 Å². The molecule has 0 radical (unpaired) electrons. The molecule has 0 aromatic rings. The first-order valence-electron chi connectivity index (χ1n) is 4.13. The monoisotopic (exact) mass is 299 g/mol. The largest absolute Gasteiger partial charge is 0.303 e. The Morgan fingerprint density at radius 1 is 1.58 bits per heavy atom. The summed E-state index contributed by atoms with van der Waals surface area (Å²) >= 11 is 3.38. The van der Waals surface area contributed by atoms with Crippen LogP contribution in [0.4, 0.5) is 0 Å². The second-order valence-electron chi connectivity index (χ2n) is 2.91. The predicted molar refractivity (Wildman–Crippen MR) is 59.4 cm³/mol. The van der Waals surface area contributed by atoms with Crippen LogP contribution in [0.5, 0.6) is 0 Å². The Bertz CT molecular complexity index is 152. The van der Waals surface area contributed by atoms with Gasteiger partial charge in [-0.15, -0.1) is 17.0 Å². The van der Waals surface area contributed by atoms with Crippen LogP contribution < -0.4 is 0 Å². The van der Waals surface area contributed by atoms with Gasteiger partial charge in [-0.1, -0.05) is 22.9 Å². The van der Waals surface area contributed by atoms with Gasteiger partial charge in [0.05, 0.1) is 4.83 Å². The van der Waals surface area contributed by atoms with E-state index in [2.05, 4.69) is 27.8 Å². The normalized spacial score (nSPS) is 26.2. The van der Waals surface area contributed by atoms with Crippen LogP contribution >= 0.6 is 32.9 Å². The number of hydrogen-bond acceptors (Lipinski definition) is 2. The van der Waals surface area contributed by atoms with Gasteiger partial charge in [0.15, 0.2) is 0 Å². The van der Waals surface area contributed by atoms with Crippen LogP contribution in [0.2, 0.25) is 0 Å². The molecule has 1 atom stereocenters. The van der Waals surface area contributed by atoms with E-state index in [-0.39, 0.29) is 21.8 Å². The summed E-state index contributed by atoms with van der Waals surface area (Å²) in [5.41, 5.74) is 0. The Morgan fingerprint density at radius 2 is 2.25 bits per heavy atom. The fourth-order valence-corrected chi connectivity index (χ4v) is 1.74. The lowest BCUT2D eigenvalue weighted by Crippen LogP contribution is -2.24. The molecule has 12 heavy (non-hydrogen) atoms. The van der Waals surface area contributed by atoms with Gasteiger partial charge in [0.2, 0.25) is 0 Å². The number of hydrogen-bond donors (Lipinski definition) is 0. The summed E-state index contributed by atoms with van der Waals surface area (Å²) in [5, 5.41) is 0. The first kappa shape index (κ1) is 12.6. The second kappa shape index (κ2) is 6.11. The number of carbonyl (C=O) groups is 1. The van der Waals surface area contributed by atoms with Crippen LogP contribution in [0, 0.1) is 0 Å². The highest BCUT2D eigenvalue weighted by Crippen LogP contribution is 2.14. The molecule has 1 fully saturated rings. The molecule has 0 aromatic carbocycles. The summed E-state index contributed by atoms with van der Waals surface area (Å²) in [7, 11) is 0. The highest BCUT2D eigenvalue weighted by Gasteiger charge is 2.20. The molecule has 72 valence electrons. The first-order chi connectivity index (χ1) is 5.24. The van der Waals surface area contributed by atoms with Gasteiger partial charge in [0.25, 0.3) is 0 Å². The number of ketones is 1. The van der Waals surface area contributed by atoms with Crippen LogP contribution in [0.3, 0.4) is 0 Å². The number of halogens is 2. The van der Waals surface area contributed by atoms with E-state index in [9.17, 15) is 4.79 Å². The van der Waals surface area contributed by atoms with Gasteiger partial charge in [-0.2, -0.15) is 0 Å². The van der Waals surface area contributed by atoms with Crippen molar-refractivity contribution >= 4 is 38.7 Å². The van der Waals surface area contributed by atoms with Gasteiger partial charge in [0.1, 0.15) is 5.78 Å². The third kappa shape index (κ3) is 3.54. The van der Waals surface area contributed by atoms with Gasteiger partial charge >= 0.3 is 0 Å². The van der Waals surface area contributed by atoms with E-state index in [4.69, 9.17) is 0 Å². The molecule has 0 saturated carbocycles. The van der Waals surface area contributed by atoms with Crippen molar-refractivity contribution in [3.05, 3.63) is 0 Å². The average molecular weight is 301 g/mol. The lowest BCUT2D eigenvalue weighted by atomic mass is 10.2. The van der Waals surface area contributed by atoms with Crippen molar-refractivity contribution in [2.24, 2.45) is 0 Å². The molecule has 0 spiro atoms. The molecule has 0 aliphatic carbocycles. The molecule has 1 aliphatic rings. The molecule has 1 unspecified atom stereocenters. The van der Waals surface area contributed by atoms with Crippen LogP contribution in [-0.4, -0.2) is 35.1 Å². The van der Waals surface area contributed by atoms with Crippen molar-refractivity contribution < 1.29 is 4.79 Å². The molecule has 0 aromatic heterocycles. The standard InChI is InChI=1S/C8H14BrNO.BrH/c1-2-10-5-3-7(9)8(11)4-6-10;/h7H,2-6H2,1H3;1H. The number of rotatable bonds is 1. The quantitative estimate of drug-likeness (QED) is 0.691. The highest BCUT2D eigenvalue weighted by atomic mass is 79.9. The second-order valence-corrected chi connectivity index (χ2v) is 4.01. The van der Waals surface area contributed by atoms with E-state index in [0.717, 1.165) is 26.1 Å². The van der Waals surface area contributed by atoms with Gasteiger partial charge in [-0.25, -0.2) is 0 Å². The molecule has 1 rings (SSSR count). The molecule has 2 nitrogen and oxygen atoms in total. The Hall–Kier alpha value is 0.590. The van der Waals surface area contributed by atoms with E-state index < -0.39 is 0 Å². The highest BCUT2D eigenvalue weighted by molar-refractivity contribution is 9.10. The molecule has 1 saturated heterocycles. The molecular formula is C8H15Br2NO.